The Morgan fingerprint density at radius 1 is 1.15 bits per heavy atom. The highest BCUT2D eigenvalue weighted by Gasteiger charge is 2.15. The minimum Gasteiger partial charge on any atom is -0.337 e. The molecule has 0 spiro atoms. The van der Waals surface area contributed by atoms with E-state index in [0.29, 0.717) is 29.9 Å². The fourth-order valence-corrected chi connectivity index (χ4v) is 3.90. The monoisotopic (exact) mass is 578 g/mol. The molecule has 0 aliphatic heterocycles. The molecule has 0 fully saturated rings. The minimum absolute atomic E-state index is 0.198. The van der Waals surface area contributed by atoms with Crippen molar-refractivity contribution in [2.24, 2.45) is 0 Å². The Labute approximate surface area is 213 Å². The Balaban J connectivity index is 1.42. The molecule has 0 bridgehead atoms. The SMILES string of the molecule is CN(Cc1ccc(Nc2ncc3cc(C#CSI)ccc3n2)cc1)C(=O)c1ccccc1C=O. The number of nitrogens with one attached hydrogen (secondary N) is 1. The van der Waals surface area contributed by atoms with Crippen LogP contribution in [0.5, 0.6) is 0 Å². The van der Waals surface area contributed by atoms with Crippen LogP contribution >= 0.6 is 30.1 Å². The Hall–Kier alpha value is -3.42. The molecule has 0 aliphatic carbocycles. The molecule has 0 saturated heterocycles. The summed E-state index contributed by atoms with van der Waals surface area (Å²) >= 11 is 2.14. The maximum atomic E-state index is 12.7. The van der Waals surface area contributed by atoms with Gasteiger partial charge in [-0.05, 0) is 56.1 Å². The molecule has 34 heavy (non-hydrogen) atoms. The quantitative estimate of drug-likeness (QED) is 0.176. The largest absolute Gasteiger partial charge is 0.337 e. The number of fused-ring (bicyclic) bond motifs is 1. The van der Waals surface area contributed by atoms with Crippen molar-refractivity contribution in [1.29, 1.82) is 0 Å². The summed E-state index contributed by atoms with van der Waals surface area (Å²) in [4.78, 5) is 34.6. The fraction of sp³-hybridized carbons (Fsp3) is 0.0769. The molecule has 0 radical (unpaired) electrons. The van der Waals surface area contributed by atoms with Gasteiger partial charge in [0.15, 0.2) is 6.29 Å². The lowest BCUT2D eigenvalue weighted by Crippen LogP contribution is -2.27. The normalized spacial score (nSPS) is 10.3. The number of rotatable bonds is 6. The number of hydrogen-bond donors (Lipinski definition) is 1. The summed E-state index contributed by atoms with van der Waals surface area (Å²) in [5.41, 5.74) is 4.34. The number of anilines is 2. The Kier molecular flexibility index (Phi) is 7.77. The van der Waals surface area contributed by atoms with Crippen molar-refractivity contribution in [3.63, 3.8) is 0 Å². The van der Waals surface area contributed by atoms with Crippen molar-refractivity contribution >= 4 is 64.9 Å². The number of aromatic nitrogens is 2. The van der Waals surface area contributed by atoms with Crippen molar-refractivity contribution in [2.45, 2.75) is 6.54 Å². The van der Waals surface area contributed by atoms with Crippen LogP contribution in [0.4, 0.5) is 11.6 Å². The van der Waals surface area contributed by atoms with E-state index in [9.17, 15) is 9.59 Å². The van der Waals surface area contributed by atoms with Gasteiger partial charge in [0.1, 0.15) is 0 Å². The first-order valence-corrected chi connectivity index (χ1v) is 13.6. The smallest absolute Gasteiger partial charge is 0.254 e. The van der Waals surface area contributed by atoms with Crippen LogP contribution in [0.3, 0.4) is 0 Å². The Morgan fingerprint density at radius 3 is 2.71 bits per heavy atom. The standard InChI is InChI=1S/C26H19IN4O2S/c1-31(25(33)23-5-3-2-4-20(23)17-32)16-19-6-9-22(10-7-19)29-26-28-15-21-14-18(12-13-34-27)8-11-24(21)30-26/h2-11,14-15,17H,16H2,1H3,(H,28,29,30). The predicted octanol–water partition coefficient (Wildman–Crippen LogP) is 5.85. The summed E-state index contributed by atoms with van der Waals surface area (Å²) in [6, 6.07) is 20.4. The van der Waals surface area contributed by atoms with E-state index in [-0.39, 0.29) is 5.91 Å². The zero-order valence-electron chi connectivity index (χ0n) is 18.2. The predicted molar refractivity (Wildman–Crippen MR) is 145 cm³/mol. The fourth-order valence-electron chi connectivity index (χ4n) is 3.42. The third kappa shape index (κ3) is 5.73. The van der Waals surface area contributed by atoms with Crippen molar-refractivity contribution in [1.82, 2.24) is 14.9 Å². The van der Waals surface area contributed by atoms with Gasteiger partial charge in [-0.1, -0.05) is 36.3 Å². The Bertz CT molecular complexity index is 1410. The van der Waals surface area contributed by atoms with Gasteiger partial charge in [-0.15, -0.1) is 0 Å². The molecule has 1 N–H and O–H groups in total. The second-order valence-corrected chi connectivity index (χ2v) is 9.14. The van der Waals surface area contributed by atoms with E-state index >= 15 is 0 Å². The molecule has 0 saturated carbocycles. The van der Waals surface area contributed by atoms with E-state index in [1.165, 1.54) is 8.93 Å². The lowest BCUT2D eigenvalue weighted by molar-refractivity contribution is 0.0782. The van der Waals surface area contributed by atoms with Crippen molar-refractivity contribution in [3.8, 4) is 11.2 Å². The summed E-state index contributed by atoms with van der Waals surface area (Å²) in [6.07, 6.45) is 2.48. The summed E-state index contributed by atoms with van der Waals surface area (Å²) in [7, 11) is 3.17. The van der Waals surface area contributed by atoms with Crippen molar-refractivity contribution in [2.75, 3.05) is 12.4 Å². The van der Waals surface area contributed by atoms with E-state index in [1.54, 1.807) is 42.4 Å². The maximum absolute atomic E-state index is 12.7. The highest BCUT2D eigenvalue weighted by atomic mass is 127. The van der Waals surface area contributed by atoms with Crippen LogP contribution in [0.1, 0.15) is 31.8 Å². The van der Waals surface area contributed by atoms with Gasteiger partial charge in [-0.25, -0.2) is 9.97 Å². The molecular weight excluding hydrogens is 559 g/mol. The van der Waals surface area contributed by atoms with E-state index < -0.39 is 0 Å². The number of carbonyl (C=O) groups is 2. The summed E-state index contributed by atoms with van der Waals surface area (Å²) < 4.78 is 0. The average Bonchev–Trinajstić information content (AvgIpc) is 2.88. The van der Waals surface area contributed by atoms with Crippen molar-refractivity contribution in [3.05, 3.63) is 95.2 Å². The topological polar surface area (TPSA) is 75.2 Å². The molecule has 1 amide bonds. The number of aldehydes is 1. The van der Waals surface area contributed by atoms with Gasteiger partial charge in [0.2, 0.25) is 5.95 Å². The van der Waals surface area contributed by atoms with Crippen LogP contribution in [0.15, 0.2) is 72.9 Å². The zero-order chi connectivity index (χ0) is 23.9. The molecule has 0 aliphatic rings. The van der Waals surface area contributed by atoms with Crippen LogP contribution in [-0.2, 0) is 6.54 Å². The first-order chi connectivity index (χ1) is 16.6. The number of hydrogen-bond acceptors (Lipinski definition) is 6. The molecule has 168 valence electrons. The van der Waals surface area contributed by atoms with E-state index in [1.807, 2.05) is 42.5 Å². The average molecular weight is 578 g/mol. The first kappa shape index (κ1) is 23.7. The third-order valence-corrected chi connectivity index (χ3v) is 5.95. The van der Waals surface area contributed by atoms with Gasteiger partial charge in [0, 0.05) is 63.2 Å². The van der Waals surface area contributed by atoms with Crippen LogP contribution in [0.2, 0.25) is 0 Å². The molecule has 0 atom stereocenters. The molecule has 1 heterocycles. The van der Waals surface area contributed by atoms with Gasteiger partial charge in [-0.2, -0.15) is 0 Å². The molecule has 8 heteroatoms. The number of halogens is 1. The summed E-state index contributed by atoms with van der Waals surface area (Å²) in [6.45, 7) is 0.417. The van der Waals surface area contributed by atoms with Gasteiger partial charge in [0.25, 0.3) is 5.91 Å². The molecule has 6 nitrogen and oxygen atoms in total. The van der Waals surface area contributed by atoms with Crippen LogP contribution in [0, 0.1) is 11.2 Å². The molecular formula is C26H19IN4O2S. The van der Waals surface area contributed by atoms with Gasteiger partial charge in [0.05, 0.1) is 11.1 Å². The van der Waals surface area contributed by atoms with E-state index in [0.717, 1.165) is 27.7 Å². The molecule has 4 rings (SSSR count). The molecule has 3 aromatic carbocycles. The molecule has 1 aromatic heterocycles. The summed E-state index contributed by atoms with van der Waals surface area (Å²) in [5.74, 6) is 3.38. The van der Waals surface area contributed by atoms with Gasteiger partial charge < -0.3 is 10.2 Å². The minimum atomic E-state index is -0.198. The second-order valence-electron chi connectivity index (χ2n) is 7.46. The second kappa shape index (κ2) is 11.1. The maximum Gasteiger partial charge on any atom is 0.254 e. The molecule has 0 unspecified atom stereocenters. The van der Waals surface area contributed by atoms with Gasteiger partial charge >= 0.3 is 0 Å². The highest BCUT2D eigenvalue weighted by molar-refractivity contribution is 14.2. The zero-order valence-corrected chi connectivity index (χ0v) is 21.1. The van der Waals surface area contributed by atoms with Gasteiger partial charge in [-0.3, -0.25) is 9.59 Å². The lowest BCUT2D eigenvalue weighted by atomic mass is 10.1. The summed E-state index contributed by atoms with van der Waals surface area (Å²) in [5, 5.41) is 7.11. The first-order valence-electron chi connectivity index (χ1n) is 10.3. The van der Waals surface area contributed by atoms with Crippen LogP contribution < -0.4 is 5.32 Å². The highest BCUT2D eigenvalue weighted by Crippen LogP contribution is 2.19. The third-order valence-electron chi connectivity index (χ3n) is 5.11. The number of carbonyl (C=O) groups excluding carboxylic acids is 2. The molecule has 4 aromatic rings. The number of benzene rings is 3. The van der Waals surface area contributed by atoms with Crippen LogP contribution in [0.25, 0.3) is 10.9 Å². The number of nitrogens with zero attached hydrogens (tertiary/aromatic N) is 3. The van der Waals surface area contributed by atoms with E-state index in [2.05, 4.69) is 47.7 Å². The Morgan fingerprint density at radius 2 is 1.94 bits per heavy atom. The van der Waals surface area contributed by atoms with Crippen molar-refractivity contribution < 1.29 is 9.59 Å². The lowest BCUT2D eigenvalue weighted by Gasteiger charge is -2.18. The van der Waals surface area contributed by atoms with Crippen LogP contribution in [-0.4, -0.2) is 34.1 Å². The number of amides is 1. The van der Waals surface area contributed by atoms with E-state index in [4.69, 9.17) is 0 Å².